The fourth-order valence-electron chi connectivity index (χ4n) is 3.50. The number of H-pyrrole nitrogens is 1. The van der Waals surface area contributed by atoms with Crippen molar-refractivity contribution < 1.29 is 4.74 Å². The highest BCUT2D eigenvalue weighted by molar-refractivity contribution is 6.29. The Bertz CT molecular complexity index is 1360. The molecule has 158 valence electrons. The van der Waals surface area contributed by atoms with Crippen molar-refractivity contribution in [1.82, 2.24) is 29.9 Å². The predicted octanol–water partition coefficient (Wildman–Crippen LogP) is 5.36. The second-order valence-corrected chi connectivity index (χ2v) is 7.56. The molecule has 3 heterocycles. The van der Waals surface area contributed by atoms with Gasteiger partial charge in [0.15, 0.2) is 11.6 Å². The summed E-state index contributed by atoms with van der Waals surface area (Å²) in [5.41, 5.74) is 5.27. The molecule has 0 unspecified atom stereocenters. The van der Waals surface area contributed by atoms with Gasteiger partial charge in [-0.2, -0.15) is 5.10 Å². The van der Waals surface area contributed by atoms with E-state index in [1.807, 2.05) is 67.6 Å². The van der Waals surface area contributed by atoms with Crippen LogP contribution in [0, 0.1) is 6.92 Å². The number of pyridine rings is 1. The van der Waals surface area contributed by atoms with Gasteiger partial charge >= 0.3 is 0 Å². The summed E-state index contributed by atoms with van der Waals surface area (Å²) in [5.74, 6) is 1.98. The third-order valence-electron chi connectivity index (χ3n) is 5.19. The number of aromatic amines is 1. The quantitative estimate of drug-likeness (QED) is 0.371. The first kappa shape index (κ1) is 20.0. The second kappa shape index (κ2) is 8.28. The molecule has 0 atom stereocenters. The van der Waals surface area contributed by atoms with Crippen LogP contribution < -0.4 is 4.74 Å². The van der Waals surface area contributed by atoms with E-state index < -0.39 is 0 Å². The summed E-state index contributed by atoms with van der Waals surface area (Å²) in [6.45, 7) is 2.02. The zero-order valence-electron chi connectivity index (χ0n) is 17.5. The van der Waals surface area contributed by atoms with Crippen molar-refractivity contribution in [2.75, 3.05) is 7.11 Å². The molecule has 0 aliphatic heterocycles. The third-order valence-corrected chi connectivity index (χ3v) is 5.42. The molecule has 32 heavy (non-hydrogen) atoms. The van der Waals surface area contributed by atoms with Crippen LogP contribution in [0.15, 0.2) is 72.9 Å². The average Bonchev–Trinajstić information content (AvgIpc) is 3.44. The van der Waals surface area contributed by atoms with Crippen LogP contribution in [0.3, 0.4) is 0 Å². The molecule has 0 saturated carbocycles. The summed E-state index contributed by atoms with van der Waals surface area (Å²) in [6, 6.07) is 21.2. The smallest absolute Gasteiger partial charge is 0.182 e. The number of ether oxygens (including phenoxy) is 1. The number of aromatic nitrogens is 6. The van der Waals surface area contributed by atoms with Crippen LogP contribution in [0.5, 0.6) is 5.75 Å². The summed E-state index contributed by atoms with van der Waals surface area (Å²) < 4.78 is 7.01. The lowest BCUT2D eigenvalue weighted by atomic mass is 10.1. The van der Waals surface area contributed by atoms with Gasteiger partial charge in [-0.3, -0.25) is 5.10 Å². The first-order valence-corrected chi connectivity index (χ1v) is 10.4. The summed E-state index contributed by atoms with van der Waals surface area (Å²) >= 11 is 6.00. The molecule has 1 N–H and O–H groups in total. The van der Waals surface area contributed by atoms with E-state index in [-0.39, 0.29) is 0 Å². The van der Waals surface area contributed by atoms with Crippen LogP contribution in [0.25, 0.3) is 39.9 Å². The second-order valence-electron chi connectivity index (χ2n) is 7.18. The van der Waals surface area contributed by atoms with E-state index in [1.165, 1.54) is 0 Å². The van der Waals surface area contributed by atoms with Gasteiger partial charge in [0, 0.05) is 16.7 Å². The van der Waals surface area contributed by atoms with Crippen LogP contribution in [-0.2, 0) is 0 Å². The molecule has 7 nitrogen and oxygen atoms in total. The molecule has 3 aromatic heterocycles. The summed E-state index contributed by atoms with van der Waals surface area (Å²) in [5, 5.41) is 12.9. The number of methoxy groups -OCH3 is 1. The Morgan fingerprint density at radius 2 is 1.72 bits per heavy atom. The lowest BCUT2D eigenvalue weighted by molar-refractivity contribution is 0.415. The molecule has 5 aromatic rings. The Morgan fingerprint density at radius 1 is 0.938 bits per heavy atom. The van der Waals surface area contributed by atoms with Crippen molar-refractivity contribution in [3.63, 3.8) is 0 Å². The van der Waals surface area contributed by atoms with E-state index in [0.717, 1.165) is 39.5 Å². The maximum Gasteiger partial charge on any atom is 0.182 e. The van der Waals surface area contributed by atoms with E-state index >= 15 is 0 Å². The number of hydrogen-bond acceptors (Lipinski definition) is 5. The van der Waals surface area contributed by atoms with E-state index in [1.54, 1.807) is 24.1 Å². The highest BCUT2D eigenvalue weighted by Crippen LogP contribution is 2.31. The molecule has 5 rings (SSSR count). The predicted molar refractivity (Wildman–Crippen MR) is 124 cm³/mol. The van der Waals surface area contributed by atoms with E-state index in [2.05, 4.69) is 15.2 Å². The van der Waals surface area contributed by atoms with Gasteiger partial charge in [-0.1, -0.05) is 41.9 Å². The number of benzene rings is 2. The summed E-state index contributed by atoms with van der Waals surface area (Å²) in [7, 11) is 1.64. The van der Waals surface area contributed by atoms with Gasteiger partial charge in [-0.05, 0) is 43.3 Å². The van der Waals surface area contributed by atoms with Gasteiger partial charge in [0.1, 0.15) is 16.6 Å². The molecule has 2 aromatic carbocycles. The zero-order chi connectivity index (χ0) is 22.1. The van der Waals surface area contributed by atoms with Gasteiger partial charge in [0.05, 0.1) is 24.7 Å². The van der Waals surface area contributed by atoms with Crippen LogP contribution in [0.1, 0.15) is 5.56 Å². The van der Waals surface area contributed by atoms with Crippen molar-refractivity contribution in [3.05, 3.63) is 83.6 Å². The van der Waals surface area contributed by atoms with Gasteiger partial charge < -0.3 is 4.74 Å². The Hall–Kier alpha value is -3.97. The first-order valence-electron chi connectivity index (χ1n) is 9.98. The number of rotatable bonds is 5. The third kappa shape index (κ3) is 3.63. The van der Waals surface area contributed by atoms with Gasteiger partial charge in [0.25, 0.3) is 0 Å². The van der Waals surface area contributed by atoms with Crippen molar-refractivity contribution in [1.29, 1.82) is 0 Å². The first-order chi connectivity index (χ1) is 15.6. The van der Waals surface area contributed by atoms with Crippen molar-refractivity contribution in [3.8, 4) is 45.6 Å². The molecule has 0 fully saturated rings. The highest BCUT2D eigenvalue weighted by atomic mass is 35.5. The number of nitrogens with one attached hydrogen (secondary N) is 1. The minimum atomic E-state index is 0.412. The van der Waals surface area contributed by atoms with Crippen LogP contribution in [0.2, 0.25) is 5.15 Å². The number of hydrogen-bond donors (Lipinski definition) is 1. The molecule has 0 bridgehead atoms. The maximum atomic E-state index is 6.00. The van der Waals surface area contributed by atoms with Crippen LogP contribution in [0.4, 0.5) is 0 Å². The average molecular weight is 443 g/mol. The van der Waals surface area contributed by atoms with Crippen molar-refractivity contribution >= 4 is 11.6 Å². The zero-order valence-corrected chi connectivity index (χ0v) is 18.2. The maximum absolute atomic E-state index is 6.00. The molecule has 0 aliphatic carbocycles. The fraction of sp³-hybridized carbons (Fsp3) is 0.0833. The van der Waals surface area contributed by atoms with Gasteiger partial charge in [0.2, 0.25) is 0 Å². The number of halogens is 1. The standard InChI is InChI=1S/C24H19ClN6O/c1-15-21(16-6-4-3-5-7-16)28-29-22(15)24-27-23(17-8-11-19(32-2)12-9-17)30-31(24)18-10-13-20(25)26-14-18/h3-14H,1-2H3,(H,28,29). The Labute approximate surface area is 189 Å². The summed E-state index contributed by atoms with van der Waals surface area (Å²) in [6.07, 6.45) is 1.67. The normalized spacial score (nSPS) is 11.0. The molecule has 0 spiro atoms. The SMILES string of the molecule is COc1ccc(-c2nc(-c3[nH]nc(-c4ccccc4)c3C)n(-c3ccc(Cl)nc3)n2)cc1. The van der Waals surface area contributed by atoms with Crippen molar-refractivity contribution in [2.24, 2.45) is 0 Å². The van der Waals surface area contributed by atoms with Crippen molar-refractivity contribution in [2.45, 2.75) is 6.92 Å². The Balaban J connectivity index is 1.66. The monoisotopic (exact) mass is 442 g/mol. The lowest BCUT2D eigenvalue weighted by Gasteiger charge is -2.05. The Kier molecular flexibility index (Phi) is 5.17. The minimum Gasteiger partial charge on any atom is -0.497 e. The molecule has 8 heteroatoms. The molecule has 0 saturated heterocycles. The highest BCUT2D eigenvalue weighted by Gasteiger charge is 2.21. The van der Waals surface area contributed by atoms with Crippen LogP contribution in [-0.4, -0.2) is 37.1 Å². The van der Waals surface area contributed by atoms with E-state index in [9.17, 15) is 0 Å². The van der Waals surface area contributed by atoms with Gasteiger partial charge in [-0.15, -0.1) is 5.10 Å². The summed E-state index contributed by atoms with van der Waals surface area (Å²) in [4.78, 5) is 9.06. The van der Waals surface area contributed by atoms with E-state index in [4.69, 9.17) is 26.4 Å². The topological polar surface area (TPSA) is 81.5 Å². The van der Waals surface area contributed by atoms with E-state index in [0.29, 0.717) is 16.8 Å². The molecule has 0 radical (unpaired) electrons. The number of nitrogens with zero attached hydrogens (tertiary/aromatic N) is 5. The largest absolute Gasteiger partial charge is 0.497 e. The fourth-order valence-corrected chi connectivity index (χ4v) is 3.61. The molecule has 0 aliphatic rings. The minimum absolute atomic E-state index is 0.412. The Morgan fingerprint density at radius 3 is 2.41 bits per heavy atom. The van der Waals surface area contributed by atoms with Crippen LogP contribution >= 0.6 is 11.6 Å². The molecule has 0 amide bonds. The molecular weight excluding hydrogens is 424 g/mol. The molecular formula is C24H19ClN6O. The lowest BCUT2D eigenvalue weighted by Crippen LogP contribution is -2.01. The van der Waals surface area contributed by atoms with Gasteiger partial charge in [-0.25, -0.2) is 14.6 Å².